The van der Waals surface area contributed by atoms with E-state index in [0.29, 0.717) is 12.5 Å². The molecule has 1 saturated heterocycles. The zero-order chi connectivity index (χ0) is 18.3. The van der Waals surface area contributed by atoms with Crippen LogP contribution >= 0.6 is 11.8 Å². The van der Waals surface area contributed by atoms with Gasteiger partial charge in [0.2, 0.25) is 0 Å². The summed E-state index contributed by atoms with van der Waals surface area (Å²) in [4.78, 5) is 15.2. The van der Waals surface area contributed by atoms with Crippen LogP contribution < -0.4 is 0 Å². The Morgan fingerprint density at radius 1 is 1.20 bits per heavy atom. The van der Waals surface area contributed by atoms with E-state index in [2.05, 4.69) is 30.5 Å². The third kappa shape index (κ3) is 7.28. The molecule has 1 aromatic rings. The summed E-state index contributed by atoms with van der Waals surface area (Å²) < 4.78 is 11.3. The molecule has 0 aromatic heterocycles. The molecule has 1 aliphatic rings. The Morgan fingerprint density at radius 2 is 1.84 bits per heavy atom. The van der Waals surface area contributed by atoms with Crippen LogP contribution in [0.25, 0.3) is 0 Å². The summed E-state index contributed by atoms with van der Waals surface area (Å²) in [5.74, 6) is 0.637. The molecular weight excluding hydrogens is 334 g/mol. The van der Waals surface area contributed by atoms with Gasteiger partial charge in [0, 0.05) is 24.6 Å². The molecule has 25 heavy (non-hydrogen) atoms. The fraction of sp³-hybridized carbons (Fsp3) is 0.650. The van der Waals surface area contributed by atoms with Crippen LogP contribution in [-0.4, -0.2) is 42.5 Å². The molecule has 0 radical (unpaired) electrons. The fourth-order valence-electron chi connectivity index (χ4n) is 2.89. The van der Waals surface area contributed by atoms with Gasteiger partial charge in [0.1, 0.15) is 5.60 Å². The first kappa shape index (κ1) is 20.1. The Balaban J connectivity index is 1.61. The summed E-state index contributed by atoms with van der Waals surface area (Å²) in [5.41, 5.74) is 0.799. The number of nitrogens with zero attached hydrogens (tertiary/aromatic N) is 1. The van der Waals surface area contributed by atoms with E-state index in [1.807, 2.05) is 25.7 Å². The maximum atomic E-state index is 12.1. The molecule has 5 heteroatoms. The van der Waals surface area contributed by atoms with Crippen LogP contribution in [0.1, 0.15) is 45.6 Å². The van der Waals surface area contributed by atoms with Crippen molar-refractivity contribution >= 4 is 17.9 Å². The molecule has 1 fully saturated rings. The van der Waals surface area contributed by atoms with E-state index in [1.165, 1.54) is 10.5 Å². The van der Waals surface area contributed by atoms with Crippen LogP contribution in [0.2, 0.25) is 0 Å². The minimum atomic E-state index is -0.421. The van der Waals surface area contributed by atoms with E-state index in [9.17, 15) is 4.79 Å². The van der Waals surface area contributed by atoms with E-state index < -0.39 is 5.60 Å². The first-order chi connectivity index (χ1) is 11.9. The quantitative estimate of drug-likeness (QED) is 0.527. The Morgan fingerprint density at radius 3 is 2.40 bits per heavy atom. The maximum Gasteiger partial charge on any atom is 0.410 e. The van der Waals surface area contributed by atoms with Crippen LogP contribution in [0.3, 0.4) is 0 Å². The molecule has 0 unspecified atom stereocenters. The maximum absolute atomic E-state index is 12.1. The van der Waals surface area contributed by atoms with Crippen LogP contribution in [-0.2, 0) is 16.1 Å². The van der Waals surface area contributed by atoms with Crippen molar-refractivity contribution in [3.05, 3.63) is 29.8 Å². The van der Waals surface area contributed by atoms with Gasteiger partial charge >= 0.3 is 6.09 Å². The second kappa shape index (κ2) is 9.48. The van der Waals surface area contributed by atoms with Crippen LogP contribution in [0.5, 0.6) is 0 Å². The number of hydrogen-bond donors (Lipinski definition) is 0. The molecular formula is C20H31NO3S. The lowest BCUT2D eigenvalue weighted by atomic mass is 9.94. The smallest absolute Gasteiger partial charge is 0.410 e. The molecule has 0 N–H and O–H groups in total. The highest BCUT2D eigenvalue weighted by Crippen LogP contribution is 2.22. The van der Waals surface area contributed by atoms with E-state index in [0.717, 1.165) is 39.0 Å². The normalized spacial score (nSPS) is 16.1. The Kier molecular flexibility index (Phi) is 7.63. The average Bonchev–Trinajstić information content (AvgIpc) is 2.58. The Bertz CT molecular complexity index is 531. The van der Waals surface area contributed by atoms with E-state index >= 15 is 0 Å². The second-order valence-corrected chi connectivity index (χ2v) is 8.48. The lowest BCUT2D eigenvalue weighted by Crippen LogP contribution is -2.41. The lowest BCUT2D eigenvalue weighted by molar-refractivity contribution is 0.0164. The van der Waals surface area contributed by atoms with Gasteiger partial charge in [0.15, 0.2) is 0 Å². The van der Waals surface area contributed by atoms with Crippen molar-refractivity contribution in [1.82, 2.24) is 4.90 Å². The SMILES string of the molecule is CSc1ccc(COCCC2CCN(C(=O)OC(C)(C)C)CC2)cc1. The summed E-state index contributed by atoms with van der Waals surface area (Å²) in [5, 5.41) is 0. The molecule has 1 heterocycles. The van der Waals surface area contributed by atoms with Gasteiger partial charge in [-0.05, 0) is 69.9 Å². The summed E-state index contributed by atoms with van der Waals surface area (Å²) >= 11 is 1.75. The van der Waals surface area contributed by atoms with Gasteiger partial charge in [-0.1, -0.05) is 12.1 Å². The van der Waals surface area contributed by atoms with Gasteiger partial charge in [-0.25, -0.2) is 4.79 Å². The molecule has 0 spiro atoms. The molecule has 1 amide bonds. The zero-order valence-corrected chi connectivity index (χ0v) is 16.7. The van der Waals surface area contributed by atoms with E-state index in [-0.39, 0.29) is 6.09 Å². The van der Waals surface area contributed by atoms with Crippen molar-refractivity contribution in [1.29, 1.82) is 0 Å². The van der Waals surface area contributed by atoms with Crippen molar-refractivity contribution in [3.63, 3.8) is 0 Å². The van der Waals surface area contributed by atoms with Crippen LogP contribution in [0, 0.1) is 5.92 Å². The lowest BCUT2D eigenvalue weighted by Gasteiger charge is -2.33. The summed E-state index contributed by atoms with van der Waals surface area (Å²) in [6.07, 6.45) is 5.02. The number of hydrogen-bond acceptors (Lipinski definition) is 4. The zero-order valence-electron chi connectivity index (χ0n) is 15.9. The molecule has 1 aromatic carbocycles. The largest absolute Gasteiger partial charge is 0.444 e. The predicted molar refractivity (Wildman–Crippen MR) is 103 cm³/mol. The number of carbonyl (C=O) groups is 1. The number of likely N-dealkylation sites (tertiary alicyclic amines) is 1. The molecule has 2 rings (SSSR count). The van der Waals surface area contributed by atoms with E-state index in [1.54, 1.807) is 11.8 Å². The number of thioether (sulfide) groups is 1. The summed E-state index contributed by atoms with van der Waals surface area (Å²) in [6, 6.07) is 8.53. The third-order valence-electron chi connectivity index (χ3n) is 4.36. The summed E-state index contributed by atoms with van der Waals surface area (Å²) in [7, 11) is 0. The van der Waals surface area contributed by atoms with Crippen molar-refractivity contribution in [2.24, 2.45) is 5.92 Å². The van der Waals surface area contributed by atoms with Crippen molar-refractivity contribution in [2.75, 3.05) is 26.0 Å². The standard InChI is InChI=1S/C20H31NO3S/c1-20(2,3)24-19(22)21-12-9-16(10-13-21)11-14-23-15-17-5-7-18(25-4)8-6-17/h5-8,16H,9-15H2,1-4H3. The first-order valence-corrected chi connectivity index (χ1v) is 10.3. The summed E-state index contributed by atoms with van der Waals surface area (Å²) in [6.45, 7) is 8.75. The molecule has 140 valence electrons. The average molecular weight is 366 g/mol. The molecule has 4 nitrogen and oxygen atoms in total. The Labute approximate surface area is 156 Å². The van der Waals surface area contributed by atoms with Crippen LogP contribution in [0.15, 0.2) is 29.2 Å². The van der Waals surface area contributed by atoms with Crippen LogP contribution in [0.4, 0.5) is 4.79 Å². The van der Waals surface area contributed by atoms with E-state index in [4.69, 9.17) is 9.47 Å². The minimum Gasteiger partial charge on any atom is -0.444 e. The monoisotopic (exact) mass is 365 g/mol. The Hall–Kier alpha value is -1.20. The van der Waals surface area contributed by atoms with Gasteiger partial charge in [-0.2, -0.15) is 0 Å². The van der Waals surface area contributed by atoms with Gasteiger partial charge in [-0.15, -0.1) is 11.8 Å². The van der Waals surface area contributed by atoms with Crippen molar-refractivity contribution in [2.45, 2.75) is 57.1 Å². The number of ether oxygens (including phenoxy) is 2. The fourth-order valence-corrected chi connectivity index (χ4v) is 3.30. The number of amides is 1. The number of rotatable bonds is 6. The topological polar surface area (TPSA) is 38.8 Å². The molecule has 0 saturated carbocycles. The number of benzene rings is 1. The van der Waals surface area contributed by atoms with Gasteiger partial charge in [-0.3, -0.25) is 0 Å². The highest BCUT2D eigenvalue weighted by molar-refractivity contribution is 7.98. The highest BCUT2D eigenvalue weighted by atomic mass is 32.2. The first-order valence-electron chi connectivity index (χ1n) is 9.06. The molecule has 0 aliphatic carbocycles. The molecule has 0 bridgehead atoms. The van der Waals surface area contributed by atoms with Gasteiger partial charge in [0.05, 0.1) is 6.61 Å². The highest BCUT2D eigenvalue weighted by Gasteiger charge is 2.26. The van der Waals surface area contributed by atoms with Gasteiger partial charge < -0.3 is 14.4 Å². The minimum absolute atomic E-state index is 0.184. The van der Waals surface area contributed by atoms with Crippen molar-refractivity contribution in [3.8, 4) is 0 Å². The van der Waals surface area contributed by atoms with Crippen molar-refractivity contribution < 1.29 is 14.3 Å². The number of piperidine rings is 1. The predicted octanol–water partition coefficient (Wildman–Crippen LogP) is 4.96. The molecule has 1 aliphatic heterocycles. The molecule has 0 atom stereocenters. The third-order valence-corrected chi connectivity index (χ3v) is 5.11. The van der Waals surface area contributed by atoms with Gasteiger partial charge in [0.25, 0.3) is 0 Å². The number of carbonyl (C=O) groups excluding carboxylic acids is 1. The second-order valence-electron chi connectivity index (χ2n) is 7.60.